The molecule has 0 aliphatic rings. The van der Waals surface area contributed by atoms with Crippen LogP contribution in [0.3, 0.4) is 0 Å². The SMILES string of the molecule is CC(C)Cn1nccc1NC(=O)C(=O)Nc1cc(-c2ccccc2)nn1C(C)(C)C. The van der Waals surface area contributed by atoms with Crippen molar-refractivity contribution in [1.82, 2.24) is 19.6 Å². The Labute approximate surface area is 176 Å². The maximum Gasteiger partial charge on any atom is 0.315 e. The molecule has 30 heavy (non-hydrogen) atoms. The summed E-state index contributed by atoms with van der Waals surface area (Å²) in [5.41, 5.74) is 1.26. The Hall–Kier alpha value is -3.42. The van der Waals surface area contributed by atoms with Crippen molar-refractivity contribution < 1.29 is 9.59 Å². The molecule has 0 saturated carbocycles. The highest BCUT2D eigenvalue weighted by Gasteiger charge is 2.24. The molecule has 8 nitrogen and oxygen atoms in total. The monoisotopic (exact) mass is 408 g/mol. The van der Waals surface area contributed by atoms with Gasteiger partial charge < -0.3 is 10.6 Å². The van der Waals surface area contributed by atoms with Gasteiger partial charge in [-0.25, -0.2) is 9.36 Å². The van der Waals surface area contributed by atoms with Crippen molar-refractivity contribution in [2.24, 2.45) is 5.92 Å². The summed E-state index contributed by atoms with van der Waals surface area (Å²) in [4.78, 5) is 25.1. The maximum atomic E-state index is 12.6. The number of rotatable bonds is 5. The lowest BCUT2D eigenvalue weighted by atomic mass is 10.1. The van der Waals surface area contributed by atoms with Crippen LogP contribution in [0.15, 0.2) is 48.7 Å². The van der Waals surface area contributed by atoms with E-state index in [1.54, 1.807) is 27.7 Å². The Bertz CT molecular complexity index is 1030. The maximum absolute atomic E-state index is 12.6. The van der Waals surface area contributed by atoms with Gasteiger partial charge in [0.05, 0.1) is 17.4 Å². The fourth-order valence-corrected chi connectivity index (χ4v) is 3.01. The fraction of sp³-hybridized carbons (Fsp3) is 0.364. The minimum Gasteiger partial charge on any atom is -0.303 e. The molecule has 1 aromatic carbocycles. The Morgan fingerprint density at radius 1 is 1.00 bits per heavy atom. The third-order valence-corrected chi connectivity index (χ3v) is 4.36. The molecule has 3 aromatic rings. The molecule has 0 aliphatic heterocycles. The average Bonchev–Trinajstić information content (AvgIpc) is 3.29. The Balaban J connectivity index is 1.80. The highest BCUT2D eigenvalue weighted by Crippen LogP contribution is 2.27. The smallest absolute Gasteiger partial charge is 0.303 e. The quantitative estimate of drug-likeness (QED) is 0.629. The molecule has 2 heterocycles. The van der Waals surface area contributed by atoms with Gasteiger partial charge in [0.15, 0.2) is 0 Å². The van der Waals surface area contributed by atoms with Gasteiger partial charge in [0.1, 0.15) is 11.6 Å². The van der Waals surface area contributed by atoms with E-state index >= 15 is 0 Å². The first kappa shape index (κ1) is 21.3. The number of aromatic nitrogens is 4. The standard InChI is InChI=1S/C22H28N6O2/c1-15(2)14-27-18(11-12-23-27)24-20(29)21(30)25-19-13-17(16-9-7-6-8-10-16)26-28(19)22(3,4)5/h6-13,15H,14H2,1-5H3,(H,24,29)(H,25,30). The van der Waals surface area contributed by atoms with Gasteiger partial charge in [-0.3, -0.25) is 9.59 Å². The summed E-state index contributed by atoms with van der Waals surface area (Å²) in [6, 6.07) is 13.1. The van der Waals surface area contributed by atoms with Gasteiger partial charge in [0.2, 0.25) is 0 Å². The van der Waals surface area contributed by atoms with Crippen molar-refractivity contribution in [3.63, 3.8) is 0 Å². The number of nitrogens with one attached hydrogen (secondary N) is 2. The molecule has 0 saturated heterocycles. The number of anilines is 2. The fourth-order valence-electron chi connectivity index (χ4n) is 3.01. The van der Waals surface area contributed by atoms with Crippen molar-refractivity contribution in [2.75, 3.05) is 10.6 Å². The highest BCUT2D eigenvalue weighted by molar-refractivity contribution is 6.43. The van der Waals surface area contributed by atoms with Crippen LogP contribution in [0.4, 0.5) is 11.6 Å². The summed E-state index contributed by atoms with van der Waals surface area (Å²) in [5, 5.41) is 14.2. The average molecular weight is 409 g/mol. The molecule has 158 valence electrons. The van der Waals surface area contributed by atoms with Crippen LogP contribution < -0.4 is 10.6 Å². The van der Waals surface area contributed by atoms with Gasteiger partial charge >= 0.3 is 11.8 Å². The Morgan fingerprint density at radius 3 is 2.23 bits per heavy atom. The molecule has 0 fully saturated rings. The molecule has 0 aliphatic carbocycles. The van der Waals surface area contributed by atoms with E-state index in [0.717, 1.165) is 11.3 Å². The molecule has 0 bridgehead atoms. The molecule has 0 unspecified atom stereocenters. The van der Waals surface area contributed by atoms with Crippen molar-refractivity contribution in [2.45, 2.75) is 46.7 Å². The number of carbonyl (C=O) groups excluding carboxylic acids is 2. The van der Waals surface area contributed by atoms with Crippen molar-refractivity contribution in [1.29, 1.82) is 0 Å². The molecular weight excluding hydrogens is 380 g/mol. The van der Waals surface area contributed by atoms with E-state index < -0.39 is 11.8 Å². The summed E-state index contributed by atoms with van der Waals surface area (Å²) in [6.45, 7) is 10.7. The van der Waals surface area contributed by atoms with E-state index in [4.69, 9.17) is 0 Å². The number of nitrogens with zero attached hydrogens (tertiary/aromatic N) is 4. The summed E-state index contributed by atoms with van der Waals surface area (Å²) in [6.07, 6.45) is 1.59. The first-order chi connectivity index (χ1) is 14.1. The second-order valence-corrected chi connectivity index (χ2v) is 8.56. The van der Waals surface area contributed by atoms with Crippen molar-refractivity contribution in [3.05, 3.63) is 48.7 Å². The van der Waals surface area contributed by atoms with Crippen LogP contribution in [-0.4, -0.2) is 31.4 Å². The number of hydrogen-bond donors (Lipinski definition) is 2. The summed E-state index contributed by atoms with van der Waals surface area (Å²) < 4.78 is 3.38. The lowest BCUT2D eigenvalue weighted by Gasteiger charge is -2.22. The van der Waals surface area contributed by atoms with Gasteiger partial charge in [0.25, 0.3) is 0 Å². The zero-order chi connectivity index (χ0) is 21.9. The lowest BCUT2D eigenvalue weighted by Crippen LogP contribution is -2.33. The topological polar surface area (TPSA) is 93.8 Å². The molecular formula is C22H28N6O2. The summed E-state index contributed by atoms with van der Waals surface area (Å²) in [5.74, 6) is -0.233. The van der Waals surface area contributed by atoms with Crippen LogP contribution in [-0.2, 0) is 21.7 Å². The molecule has 2 N–H and O–H groups in total. The van der Waals surface area contributed by atoms with Crippen LogP contribution >= 0.6 is 0 Å². The third kappa shape index (κ3) is 4.94. The molecule has 0 spiro atoms. The van der Waals surface area contributed by atoms with Crippen LogP contribution in [0.5, 0.6) is 0 Å². The zero-order valence-electron chi connectivity index (χ0n) is 18.0. The number of amides is 2. The van der Waals surface area contributed by atoms with Crippen LogP contribution in [0.1, 0.15) is 34.6 Å². The molecule has 0 radical (unpaired) electrons. The second kappa shape index (κ2) is 8.52. The first-order valence-electron chi connectivity index (χ1n) is 9.95. The number of benzene rings is 1. The molecule has 8 heteroatoms. The van der Waals surface area contributed by atoms with E-state index in [0.29, 0.717) is 24.1 Å². The summed E-state index contributed by atoms with van der Waals surface area (Å²) in [7, 11) is 0. The Morgan fingerprint density at radius 2 is 1.63 bits per heavy atom. The first-order valence-corrected chi connectivity index (χ1v) is 9.95. The van der Waals surface area contributed by atoms with E-state index in [9.17, 15) is 9.59 Å². The van der Waals surface area contributed by atoms with Crippen LogP contribution in [0, 0.1) is 5.92 Å². The highest BCUT2D eigenvalue weighted by atomic mass is 16.2. The lowest BCUT2D eigenvalue weighted by molar-refractivity contribution is -0.133. The van der Waals surface area contributed by atoms with Gasteiger partial charge in [-0.1, -0.05) is 44.2 Å². The van der Waals surface area contributed by atoms with Gasteiger partial charge in [-0.15, -0.1) is 0 Å². The molecule has 2 aromatic heterocycles. The van der Waals surface area contributed by atoms with Gasteiger partial charge in [-0.2, -0.15) is 10.2 Å². The minimum absolute atomic E-state index is 0.354. The van der Waals surface area contributed by atoms with Crippen LogP contribution in [0.25, 0.3) is 11.3 Å². The third-order valence-electron chi connectivity index (χ3n) is 4.36. The minimum atomic E-state index is -0.766. The predicted molar refractivity (Wildman–Crippen MR) is 117 cm³/mol. The van der Waals surface area contributed by atoms with Gasteiger partial charge in [0, 0.05) is 24.2 Å². The van der Waals surface area contributed by atoms with E-state index in [2.05, 4.69) is 34.7 Å². The molecule has 2 amide bonds. The summed E-state index contributed by atoms with van der Waals surface area (Å²) >= 11 is 0. The zero-order valence-corrected chi connectivity index (χ0v) is 18.0. The van der Waals surface area contributed by atoms with E-state index in [1.165, 1.54) is 0 Å². The number of hydrogen-bond acceptors (Lipinski definition) is 4. The van der Waals surface area contributed by atoms with Crippen molar-refractivity contribution >= 4 is 23.5 Å². The predicted octanol–water partition coefficient (Wildman–Crippen LogP) is 3.73. The largest absolute Gasteiger partial charge is 0.315 e. The van der Waals surface area contributed by atoms with Crippen LogP contribution in [0.2, 0.25) is 0 Å². The molecule has 3 rings (SSSR count). The van der Waals surface area contributed by atoms with E-state index in [1.807, 2.05) is 51.1 Å². The second-order valence-electron chi connectivity index (χ2n) is 8.56. The normalized spacial score (nSPS) is 11.5. The van der Waals surface area contributed by atoms with E-state index in [-0.39, 0.29) is 5.54 Å². The molecule has 0 atom stereocenters. The van der Waals surface area contributed by atoms with Gasteiger partial charge in [-0.05, 0) is 26.7 Å². The number of carbonyl (C=O) groups is 2. The van der Waals surface area contributed by atoms with Crippen molar-refractivity contribution in [3.8, 4) is 11.3 Å². The Kier molecular flexibility index (Phi) is 6.05.